The van der Waals surface area contributed by atoms with Crippen molar-refractivity contribution in [2.45, 2.75) is 32.6 Å². The van der Waals surface area contributed by atoms with E-state index in [0.29, 0.717) is 0 Å². The zero-order chi connectivity index (χ0) is 10.1. The second kappa shape index (κ2) is 3.45. The molecule has 0 aromatic carbocycles. The van der Waals surface area contributed by atoms with Crippen molar-refractivity contribution in [1.29, 1.82) is 5.26 Å². The molecule has 0 radical (unpaired) electrons. The third-order valence-electron chi connectivity index (χ3n) is 3.26. The van der Waals surface area contributed by atoms with Gasteiger partial charge in [0.2, 0.25) is 5.91 Å². The Hall–Kier alpha value is -1.30. The lowest BCUT2D eigenvalue weighted by Crippen LogP contribution is -2.40. The summed E-state index contributed by atoms with van der Waals surface area (Å²) in [7, 11) is 0. The van der Waals surface area contributed by atoms with E-state index in [1.54, 1.807) is 0 Å². The lowest BCUT2D eigenvalue weighted by atomic mass is 9.78. The summed E-state index contributed by atoms with van der Waals surface area (Å²) < 4.78 is 0. The molecule has 0 aromatic rings. The van der Waals surface area contributed by atoms with E-state index in [0.717, 1.165) is 25.0 Å². The van der Waals surface area contributed by atoms with Gasteiger partial charge in [0.25, 0.3) is 0 Å². The molecule has 0 aromatic heterocycles. The molecule has 2 rings (SSSR count). The van der Waals surface area contributed by atoms with E-state index in [4.69, 9.17) is 5.26 Å². The van der Waals surface area contributed by atoms with Gasteiger partial charge in [-0.3, -0.25) is 4.79 Å². The molecule has 0 fully saturated rings. The summed E-state index contributed by atoms with van der Waals surface area (Å²) in [5, 5.41) is 11.8. The quantitative estimate of drug-likeness (QED) is 0.632. The highest BCUT2D eigenvalue weighted by Crippen LogP contribution is 2.35. The highest BCUT2D eigenvalue weighted by molar-refractivity contribution is 5.85. The number of rotatable bonds is 0. The highest BCUT2D eigenvalue weighted by atomic mass is 16.2. The molecular formula is C11H14N2O. The van der Waals surface area contributed by atoms with E-state index in [-0.39, 0.29) is 11.8 Å². The summed E-state index contributed by atoms with van der Waals surface area (Å²) in [4.78, 5) is 11.5. The summed E-state index contributed by atoms with van der Waals surface area (Å²) >= 11 is 0. The van der Waals surface area contributed by atoms with Crippen LogP contribution in [0.15, 0.2) is 11.3 Å². The molecule has 3 nitrogen and oxygen atoms in total. The number of nitrogens with one attached hydrogen (secondary N) is 1. The van der Waals surface area contributed by atoms with Crippen molar-refractivity contribution in [2.24, 2.45) is 11.8 Å². The van der Waals surface area contributed by atoms with Crippen molar-refractivity contribution in [2.75, 3.05) is 0 Å². The zero-order valence-corrected chi connectivity index (χ0v) is 8.34. The summed E-state index contributed by atoms with van der Waals surface area (Å²) in [6.07, 6.45) is 4.37. The van der Waals surface area contributed by atoms with Crippen LogP contribution >= 0.6 is 0 Å². The van der Waals surface area contributed by atoms with Crippen molar-refractivity contribution < 1.29 is 4.79 Å². The number of amides is 1. The standard InChI is InChI=1S/C11H14N2O/c1-7-8-4-2-3-5-10(8)13-11(14)9(7)6-12/h7,9H,2-5H2,1H3,(H,13,14)/t7-,9-/m1/s1. The Morgan fingerprint density at radius 3 is 2.86 bits per heavy atom. The predicted octanol–water partition coefficient (Wildman–Crippen LogP) is 1.72. The summed E-state index contributed by atoms with van der Waals surface area (Å²) in [6, 6.07) is 2.09. The summed E-state index contributed by atoms with van der Waals surface area (Å²) in [5.74, 6) is -0.475. The molecule has 74 valence electrons. The average molecular weight is 190 g/mol. The van der Waals surface area contributed by atoms with Crippen LogP contribution in [0.3, 0.4) is 0 Å². The normalized spacial score (nSPS) is 31.9. The van der Waals surface area contributed by atoms with Crippen LogP contribution in [0.1, 0.15) is 32.6 Å². The molecule has 14 heavy (non-hydrogen) atoms. The minimum absolute atomic E-state index is 0.111. The number of nitrogens with zero attached hydrogens (tertiary/aromatic N) is 1. The number of carbonyl (C=O) groups excluding carboxylic acids is 1. The van der Waals surface area contributed by atoms with Gasteiger partial charge >= 0.3 is 0 Å². The number of hydrogen-bond donors (Lipinski definition) is 1. The summed E-state index contributed by atoms with van der Waals surface area (Å²) in [6.45, 7) is 1.99. The molecule has 0 bridgehead atoms. The molecule has 0 saturated carbocycles. The third kappa shape index (κ3) is 1.31. The molecule has 1 amide bonds. The van der Waals surface area contributed by atoms with Gasteiger partial charge in [0.05, 0.1) is 6.07 Å². The van der Waals surface area contributed by atoms with Crippen molar-refractivity contribution >= 4 is 5.91 Å². The SMILES string of the molecule is C[C@@H]1C2=C(CCCC2)NC(=O)[C@@H]1C#N. The summed E-state index contributed by atoms with van der Waals surface area (Å²) in [5.41, 5.74) is 2.41. The molecule has 1 heterocycles. The Morgan fingerprint density at radius 2 is 2.14 bits per heavy atom. The van der Waals surface area contributed by atoms with Crippen LogP contribution in [0.4, 0.5) is 0 Å². The molecule has 0 unspecified atom stereocenters. The van der Waals surface area contributed by atoms with Gasteiger partial charge in [-0.1, -0.05) is 6.92 Å². The van der Waals surface area contributed by atoms with Gasteiger partial charge in [-0.2, -0.15) is 5.26 Å². The van der Waals surface area contributed by atoms with E-state index >= 15 is 0 Å². The minimum atomic E-state index is -0.480. The van der Waals surface area contributed by atoms with Gasteiger partial charge in [0.15, 0.2) is 0 Å². The van der Waals surface area contributed by atoms with Gasteiger partial charge in [-0.25, -0.2) is 0 Å². The van der Waals surface area contributed by atoms with Gasteiger partial charge in [-0.15, -0.1) is 0 Å². The van der Waals surface area contributed by atoms with Gasteiger partial charge in [0, 0.05) is 11.6 Å². The van der Waals surface area contributed by atoms with Crippen LogP contribution in [0.2, 0.25) is 0 Å². The number of nitriles is 1. The molecule has 2 atom stereocenters. The van der Waals surface area contributed by atoms with Crippen LogP contribution in [0, 0.1) is 23.2 Å². The molecule has 3 heteroatoms. The maximum absolute atomic E-state index is 11.5. The van der Waals surface area contributed by atoms with Crippen molar-refractivity contribution in [1.82, 2.24) is 5.32 Å². The fourth-order valence-corrected chi connectivity index (χ4v) is 2.40. The first-order valence-corrected chi connectivity index (χ1v) is 5.16. The molecule has 1 aliphatic heterocycles. The van der Waals surface area contributed by atoms with Crippen LogP contribution in [0.5, 0.6) is 0 Å². The maximum Gasteiger partial charge on any atom is 0.242 e. The van der Waals surface area contributed by atoms with Gasteiger partial charge in [-0.05, 0) is 31.3 Å². The first-order valence-electron chi connectivity index (χ1n) is 5.16. The smallest absolute Gasteiger partial charge is 0.242 e. The predicted molar refractivity (Wildman–Crippen MR) is 51.9 cm³/mol. The number of hydrogen-bond acceptors (Lipinski definition) is 2. The van der Waals surface area contributed by atoms with Crippen molar-refractivity contribution in [3.8, 4) is 6.07 Å². The maximum atomic E-state index is 11.5. The van der Waals surface area contributed by atoms with Crippen LogP contribution < -0.4 is 5.32 Å². The van der Waals surface area contributed by atoms with Crippen molar-refractivity contribution in [3.05, 3.63) is 11.3 Å². The molecule has 0 saturated heterocycles. The third-order valence-corrected chi connectivity index (χ3v) is 3.26. The molecular weight excluding hydrogens is 176 g/mol. The Balaban J connectivity index is 2.33. The van der Waals surface area contributed by atoms with E-state index in [1.165, 1.54) is 12.0 Å². The molecule has 1 aliphatic carbocycles. The lowest BCUT2D eigenvalue weighted by Gasteiger charge is -2.32. The highest BCUT2D eigenvalue weighted by Gasteiger charge is 2.35. The van der Waals surface area contributed by atoms with E-state index in [2.05, 4.69) is 11.4 Å². The van der Waals surface area contributed by atoms with Crippen LogP contribution in [-0.4, -0.2) is 5.91 Å². The van der Waals surface area contributed by atoms with E-state index < -0.39 is 5.92 Å². The zero-order valence-electron chi connectivity index (χ0n) is 8.34. The first kappa shape index (κ1) is 9.26. The second-order valence-electron chi connectivity index (χ2n) is 4.10. The first-order chi connectivity index (χ1) is 6.74. The lowest BCUT2D eigenvalue weighted by molar-refractivity contribution is -0.124. The van der Waals surface area contributed by atoms with Gasteiger partial charge < -0.3 is 5.32 Å². The molecule has 2 aliphatic rings. The average Bonchev–Trinajstić information content (AvgIpc) is 2.18. The Kier molecular flexibility index (Phi) is 2.28. The molecule has 1 N–H and O–H groups in total. The Morgan fingerprint density at radius 1 is 1.43 bits per heavy atom. The van der Waals surface area contributed by atoms with E-state index in [1.807, 2.05) is 6.92 Å². The number of allylic oxidation sites excluding steroid dienone is 2. The minimum Gasteiger partial charge on any atom is -0.329 e. The largest absolute Gasteiger partial charge is 0.329 e. The fourth-order valence-electron chi connectivity index (χ4n) is 2.40. The fraction of sp³-hybridized carbons (Fsp3) is 0.636. The van der Waals surface area contributed by atoms with E-state index in [9.17, 15) is 4.79 Å². The van der Waals surface area contributed by atoms with Gasteiger partial charge in [0.1, 0.15) is 5.92 Å². The molecule has 0 spiro atoms. The van der Waals surface area contributed by atoms with Crippen LogP contribution in [0.25, 0.3) is 0 Å². The topological polar surface area (TPSA) is 52.9 Å². The Labute approximate surface area is 83.8 Å². The van der Waals surface area contributed by atoms with Crippen molar-refractivity contribution in [3.63, 3.8) is 0 Å². The second-order valence-corrected chi connectivity index (χ2v) is 4.10. The number of carbonyl (C=O) groups is 1. The Bertz CT molecular complexity index is 338. The van der Waals surface area contributed by atoms with Crippen LogP contribution in [-0.2, 0) is 4.79 Å². The monoisotopic (exact) mass is 190 g/mol.